The van der Waals surface area contributed by atoms with Crippen molar-refractivity contribution in [1.29, 1.82) is 0 Å². The third-order valence-electron chi connectivity index (χ3n) is 5.23. The summed E-state index contributed by atoms with van der Waals surface area (Å²) in [6.07, 6.45) is 1.92. The van der Waals surface area contributed by atoms with Crippen LogP contribution in [0.5, 0.6) is 0 Å². The fraction of sp³-hybridized carbons (Fsp3) is 0.391. The van der Waals surface area contributed by atoms with Crippen LogP contribution in [0.1, 0.15) is 19.4 Å². The summed E-state index contributed by atoms with van der Waals surface area (Å²) in [5.74, 6) is -0.850. The van der Waals surface area contributed by atoms with Crippen molar-refractivity contribution in [2.45, 2.75) is 32.4 Å². The number of carbonyl (C=O) groups is 3. The number of hydrogen-bond donors (Lipinski definition) is 4. The molecule has 0 fully saturated rings. The summed E-state index contributed by atoms with van der Waals surface area (Å²) in [5.41, 5.74) is 1.44. The van der Waals surface area contributed by atoms with Gasteiger partial charge in [-0.25, -0.2) is 4.98 Å². The number of aliphatic hydroxyl groups excluding tert-OH is 1. The molecule has 2 unspecified atom stereocenters. The lowest BCUT2D eigenvalue weighted by Gasteiger charge is -2.30. The number of nitrogens with one attached hydrogen (secondary N) is 3. The highest BCUT2D eigenvalue weighted by Gasteiger charge is 2.42. The molecule has 3 amide bonds. The largest absolute Gasteiger partial charge is 0.395 e. The first-order valence-electron chi connectivity index (χ1n) is 10.7. The molecular formula is C23H29N5O4. The number of pyridine rings is 1. The third kappa shape index (κ3) is 5.49. The Hall–Kier alpha value is -3.30. The topological polar surface area (TPSA) is 124 Å². The van der Waals surface area contributed by atoms with E-state index in [9.17, 15) is 14.4 Å². The first kappa shape index (κ1) is 23.4. The van der Waals surface area contributed by atoms with Gasteiger partial charge in [0.15, 0.2) is 0 Å². The number of benzene rings is 1. The second kappa shape index (κ2) is 10.8. The van der Waals surface area contributed by atoms with Gasteiger partial charge in [-0.2, -0.15) is 0 Å². The molecule has 0 radical (unpaired) electrons. The van der Waals surface area contributed by atoms with Crippen LogP contribution < -0.4 is 20.9 Å². The molecule has 1 aromatic heterocycles. The van der Waals surface area contributed by atoms with Crippen molar-refractivity contribution in [2.24, 2.45) is 5.92 Å². The SMILES string of the molecule is CC(C)C(NC(=O)CNCCO)C(=O)N1c2ncccc2CC1C(=O)Nc1ccccc1. The maximum atomic E-state index is 13.6. The number of aromatic nitrogens is 1. The first-order valence-corrected chi connectivity index (χ1v) is 10.7. The van der Waals surface area contributed by atoms with E-state index < -0.39 is 12.1 Å². The monoisotopic (exact) mass is 439 g/mol. The van der Waals surface area contributed by atoms with E-state index >= 15 is 0 Å². The van der Waals surface area contributed by atoms with Crippen molar-refractivity contribution in [3.05, 3.63) is 54.2 Å². The van der Waals surface area contributed by atoms with Gasteiger partial charge in [0.25, 0.3) is 5.91 Å². The van der Waals surface area contributed by atoms with Gasteiger partial charge in [0.2, 0.25) is 11.8 Å². The van der Waals surface area contributed by atoms with E-state index in [0.717, 1.165) is 5.56 Å². The fourth-order valence-corrected chi connectivity index (χ4v) is 3.64. The van der Waals surface area contributed by atoms with Gasteiger partial charge >= 0.3 is 0 Å². The van der Waals surface area contributed by atoms with Gasteiger partial charge in [-0.3, -0.25) is 19.3 Å². The minimum atomic E-state index is -0.835. The van der Waals surface area contributed by atoms with E-state index in [2.05, 4.69) is 20.9 Å². The van der Waals surface area contributed by atoms with Crippen LogP contribution in [0.4, 0.5) is 11.5 Å². The number of hydrogen-bond acceptors (Lipinski definition) is 6. The molecule has 2 heterocycles. The molecule has 170 valence electrons. The number of anilines is 2. The number of amides is 3. The normalized spacial score (nSPS) is 15.9. The lowest BCUT2D eigenvalue weighted by molar-refractivity contribution is -0.129. The zero-order chi connectivity index (χ0) is 23.1. The van der Waals surface area contributed by atoms with Crippen molar-refractivity contribution >= 4 is 29.2 Å². The number of fused-ring (bicyclic) bond motifs is 1. The maximum Gasteiger partial charge on any atom is 0.251 e. The highest BCUT2D eigenvalue weighted by Crippen LogP contribution is 2.32. The van der Waals surface area contributed by atoms with Gasteiger partial charge in [0.05, 0.1) is 13.2 Å². The highest BCUT2D eigenvalue weighted by molar-refractivity contribution is 6.09. The number of nitrogens with zero attached hydrogens (tertiary/aromatic N) is 2. The van der Waals surface area contributed by atoms with Crippen LogP contribution in [-0.2, 0) is 20.8 Å². The van der Waals surface area contributed by atoms with Gasteiger partial charge in [0.1, 0.15) is 17.9 Å². The minimum absolute atomic E-state index is 0.0240. The Kier molecular flexibility index (Phi) is 7.91. The molecule has 9 heteroatoms. The van der Waals surface area contributed by atoms with Gasteiger partial charge in [-0.15, -0.1) is 0 Å². The average Bonchev–Trinajstić information content (AvgIpc) is 3.17. The number of carbonyl (C=O) groups excluding carboxylic acids is 3. The first-order chi connectivity index (χ1) is 15.4. The molecule has 0 bridgehead atoms. The lowest BCUT2D eigenvalue weighted by Crippen LogP contribution is -2.56. The van der Waals surface area contributed by atoms with Gasteiger partial charge < -0.3 is 21.1 Å². The van der Waals surface area contributed by atoms with Crippen LogP contribution >= 0.6 is 0 Å². The smallest absolute Gasteiger partial charge is 0.251 e. The summed E-state index contributed by atoms with van der Waals surface area (Å²) < 4.78 is 0. The maximum absolute atomic E-state index is 13.6. The molecule has 4 N–H and O–H groups in total. The van der Waals surface area contributed by atoms with E-state index in [1.54, 1.807) is 24.4 Å². The number of rotatable bonds is 9. The molecule has 1 aromatic carbocycles. The van der Waals surface area contributed by atoms with Crippen LogP contribution in [0.2, 0.25) is 0 Å². The molecule has 1 aliphatic rings. The van der Waals surface area contributed by atoms with Crippen molar-refractivity contribution in [3.63, 3.8) is 0 Å². The van der Waals surface area contributed by atoms with E-state index in [4.69, 9.17) is 5.11 Å². The summed E-state index contributed by atoms with van der Waals surface area (Å²) in [4.78, 5) is 44.8. The van der Waals surface area contributed by atoms with E-state index in [1.165, 1.54) is 4.90 Å². The van der Waals surface area contributed by atoms with Crippen molar-refractivity contribution in [1.82, 2.24) is 15.6 Å². The molecule has 32 heavy (non-hydrogen) atoms. The Morgan fingerprint density at radius 2 is 1.91 bits per heavy atom. The fourth-order valence-electron chi connectivity index (χ4n) is 3.64. The Bertz CT molecular complexity index is 950. The summed E-state index contributed by atoms with van der Waals surface area (Å²) in [6, 6.07) is 11.1. The predicted octanol–water partition coefficient (Wildman–Crippen LogP) is 0.701. The predicted molar refractivity (Wildman–Crippen MR) is 121 cm³/mol. The quantitative estimate of drug-likeness (QED) is 0.427. The Labute approximate surface area is 187 Å². The molecule has 3 rings (SSSR count). The Morgan fingerprint density at radius 3 is 2.59 bits per heavy atom. The molecule has 1 aliphatic heterocycles. The van der Waals surface area contributed by atoms with Gasteiger partial charge in [0, 0.05) is 24.8 Å². The molecule has 0 spiro atoms. The summed E-state index contributed by atoms with van der Waals surface area (Å²) in [7, 11) is 0. The molecule has 2 aromatic rings. The molecular weight excluding hydrogens is 410 g/mol. The average molecular weight is 440 g/mol. The second-order valence-electron chi connectivity index (χ2n) is 7.96. The minimum Gasteiger partial charge on any atom is -0.395 e. The van der Waals surface area contributed by atoms with E-state index in [1.807, 2.05) is 38.1 Å². The highest BCUT2D eigenvalue weighted by atomic mass is 16.3. The molecule has 0 aliphatic carbocycles. The molecule has 9 nitrogen and oxygen atoms in total. The van der Waals surface area contributed by atoms with Crippen LogP contribution in [0, 0.1) is 5.92 Å². The van der Waals surface area contributed by atoms with Crippen LogP contribution in [0.15, 0.2) is 48.7 Å². The zero-order valence-corrected chi connectivity index (χ0v) is 18.2. The van der Waals surface area contributed by atoms with E-state index in [-0.39, 0.29) is 43.3 Å². The molecule has 0 saturated heterocycles. The van der Waals surface area contributed by atoms with Crippen molar-refractivity contribution in [2.75, 3.05) is 29.9 Å². The second-order valence-corrected chi connectivity index (χ2v) is 7.96. The molecule has 2 atom stereocenters. The number of aliphatic hydroxyl groups is 1. The van der Waals surface area contributed by atoms with Crippen LogP contribution in [-0.4, -0.2) is 59.6 Å². The molecule has 0 saturated carbocycles. The van der Waals surface area contributed by atoms with Crippen molar-refractivity contribution in [3.8, 4) is 0 Å². The third-order valence-corrected chi connectivity index (χ3v) is 5.23. The van der Waals surface area contributed by atoms with E-state index in [0.29, 0.717) is 17.9 Å². The lowest BCUT2D eigenvalue weighted by atomic mass is 10.0. The zero-order valence-electron chi connectivity index (χ0n) is 18.2. The Morgan fingerprint density at radius 1 is 1.16 bits per heavy atom. The number of para-hydroxylation sites is 1. The van der Waals surface area contributed by atoms with Crippen LogP contribution in [0.25, 0.3) is 0 Å². The summed E-state index contributed by atoms with van der Waals surface area (Å²) in [6.45, 7) is 3.83. The standard InChI is InChI=1S/C23H29N5O4/c1-15(2)20(27-19(30)14-24-11-12-29)23(32)28-18(13-16-7-6-10-25-21(16)28)22(31)26-17-8-4-3-5-9-17/h3-10,15,18,20,24,29H,11-14H2,1-2H3,(H,26,31)(H,27,30). The summed E-state index contributed by atoms with van der Waals surface area (Å²) >= 11 is 0. The van der Waals surface area contributed by atoms with Crippen molar-refractivity contribution < 1.29 is 19.5 Å². The Balaban J connectivity index is 1.83. The van der Waals surface area contributed by atoms with Gasteiger partial charge in [-0.05, 0) is 29.7 Å². The summed E-state index contributed by atoms with van der Waals surface area (Å²) in [5, 5.41) is 17.3. The van der Waals surface area contributed by atoms with Crippen LogP contribution in [0.3, 0.4) is 0 Å². The van der Waals surface area contributed by atoms with Gasteiger partial charge in [-0.1, -0.05) is 38.1 Å².